The third-order valence-electron chi connectivity index (χ3n) is 5.67. The number of carboxylic acids is 2. The molecule has 0 saturated carbocycles. The number of nitrogens with one attached hydrogen (secondary N) is 2. The normalized spacial score (nSPS) is 19.7. The van der Waals surface area contributed by atoms with Crippen LogP contribution >= 0.6 is 0 Å². The lowest BCUT2D eigenvalue weighted by Gasteiger charge is -2.30. The van der Waals surface area contributed by atoms with Crippen LogP contribution in [0.2, 0.25) is 0 Å². The molecule has 1 aliphatic rings. The Hall–Kier alpha value is -2.69. The molecule has 1 heterocycles. The molecular weight excluding hydrogens is 420 g/mol. The van der Waals surface area contributed by atoms with Gasteiger partial charge in [-0.05, 0) is 31.1 Å². The van der Waals surface area contributed by atoms with Crippen LogP contribution in [0.1, 0.15) is 59.8 Å². The Labute approximate surface area is 188 Å². The van der Waals surface area contributed by atoms with Gasteiger partial charge in [-0.2, -0.15) is 0 Å². The number of nitrogens with two attached hydrogens (primary N) is 1. The standard InChI is InChI=1S/C21H36N4O7/c1-5-12(4)17(19(29)23-14(21(31)32)9-11(2)3)24-18(28)15-7-6-8-25(15)20(30)13(22)10-16(26)27/h11-15,17H,5-10,22H2,1-4H3,(H,23,29)(H,24,28)(H,26,27)(H,31,32). The van der Waals surface area contributed by atoms with Gasteiger partial charge < -0.3 is 31.5 Å². The number of hydrogen-bond acceptors (Lipinski definition) is 6. The largest absolute Gasteiger partial charge is 0.481 e. The highest BCUT2D eigenvalue weighted by Crippen LogP contribution is 2.20. The van der Waals surface area contributed by atoms with Gasteiger partial charge in [0.2, 0.25) is 17.7 Å². The van der Waals surface area contributed by atoms with Gasteiger partial charge in [-0.3, -0.25) is 19.2 Å². The molecule has 1 aliphatic heterocycles. The van der Waals surface area contributed by atoms with E-state index in [-0.39, 0.29) is 24.8 Å². The second-order valence-corrected chi connectivity index (χ2v) is 8.79. The topological polar surface area (TPSA) is 179 Å². The summed E-state index contributed by atoms with van der Waals surface area (Å²) in [5.41, 5.74) is 5.68. The van der Waals surface area contributed by atoms with Crippen molar-refractivity contribution in [1.82, 2.24) is 15.5 Å². The van der Waals surface area contributed by atoms with E-state index in [4.69, 9.17) is 10.8 Å². The van der Waals surface area contributed by atoms with Crippen molar-refractivity contribution in [3.63, 3.8) is 0 Å². The lowest BCUT2D eigenvalue weighted by atomic mass is 9.96. The molecule has 5 atom stereocenters. The summed E-state index contributed by atoms with van der Waals surface area (Å²) in [6.07, 6.45) is 1.15. The highest BCUT2D eigenvalue weighted by atomic mass is 16.4. The van der Waals surface area contributed by atoms with Crippen LogP contribution in [0.15, 0.2) is 0 Å². The van der Waals surface area contributed by atoms with Crippen molar-refractivity contribution in [2.45, 2.75) is 84.0 Å². The zero-order chi connectivity index (χ0) is 24.6. The van der Waals surface area contributed by atoms with Crippen LogP contribution in [0.4, 0.5) is 0 Å². The summed E-state index contributed by atoms with van der Waals surface area (Å²) in [5, 5.41) is 23.5. The molecule has 1 rings (SSSR count). The second-order valence-electron chi connectivity index (χ2n) is 8.79. The minimum absolute atomic E-state index is 0.0427. The second kappa shape index (κ2) is 12.4. The lowest BCUT2D eigenvalue weighted by Crippen LogP contribution is -2.58. The molecule has 0 spiro atoms. The monoisotopic (exact) mass is 456 g/mol. The molecule has 0 radical (unpaired) electrons. The third-order valence-corrected chi connectivity index (χ3v) is 5.67. The van der Waals surface area contributed by atoms with E-state index >= 15 is 0 Å². The first kappa shape index (κ1) is 27.3. The molecule has 6 N–H and O–H groups in total. The molecule has 32 heavy (non-hydrogen) atoms. The maximum atomic E-state index is 13.0. The minimum Gasteiger partial charge on any atom is -0.481 e. The number of aliphatic carboxylic acids is 2. The summed E-state index contributed by atoms with van der Waals surface area (Å²) in [6, 6.07) is -4.19. The number of hydrogen-bond donors (Lipinski definition) is 5. The number of rotatable bonds is 12. The summed E-state index contributed by atoms with van der Waals surface area (Å²) in [7, 11) is 0. The molecule has 5 unspecified atom stereocenters. The Morgan fingerprint density at radius 2 is 1.72 bits per heavy atom. The maximum absolute atomic E-state index is 13.0. The van der Waals surface area contributed by atoms with Crippen LogP contribution in [0.25, 0.3) is 0 Å². The van der Waals surface area contributed by atoms with Gasteiger partial charge in [0.25, 0.3) is 0 Å². The first-order valence-electron chi connectivity index (χ1n) is 11.0. The van der Waals surface area contributed by atoms with Gasteiger partial charge in [-0.1, -0.05) is 34.1 Å². The van der Waals surface area contributed by atoms with Crippen molar-refractivity contribution in [2.24, 2.45) is 17.6 Å². The number of likely N-dealkylation sites (tertiary alicyclic amines) is 1. The average Bonchev–Trinajstić information content (AvgIpc) is 3.18. The third kappa shape index (κ3) is 7.77. The van der Waals surface area contributed by atoms with E-state index < -0.39 is 60.2 Å². The first-order valence-corrected chi connectivity index (χ1v) is 11.0. The molecule has 1 fully saturated rings. The summed E-state index contributed by atoms with van der Waals surface area (Å²) in [4.78, 5) is 62.0. The number of nitrogens with zero attached hydrogens (tertiary/aromatic N) is 1. The van der Waals surface area contributed by atoms with Crippen molar-refractivity contribution >= 4 is 29.7 Å². The van der Waals surface area contributed by atoms with Gasteiger partial charge in [0.1, 0.15) is 18.1 Å². The Morgan fingerprint density at radius 1 is 1.09 bits per heavy atom. The SMILES string of the molecule is CCC(C)C(NC(=O)C1CCCN1C(=O)C(N)CC(=O)O)C(=O)NC(CC(C)C)C(=O)O. The van der Waals surface area contributed by atoms with E-state index in [9.17, 15) is 29.1 Å². The van der Waals surface area contributed by atoms with Crippen molar-refractivity contribution in [3.05, 3.63) is 0 Å². The zero-order valence-electron chi connectivity index (χ0n) is 19.2. The van der Waals surface area contributed by atoms with E-state index in [2.05, 4.69) is 10.6 Å². The Bertz CT molecular complexity index is 712. The van der Waals surface area contributed by atoms with Gasteiger partial charge in [-0.25, -0.2) is 4.79 Å². The predicted octanol–water partition coefficient (Wildman–Crippen LogP) is -0.0742. The van der Waals surface area contributed by atoms with Crippen LogP contribution < -0.4 is 16.4 Å². The van der Waals surface area contributed by atoms with Gasteiger partial charge >= 0.3 is 11.9 Å². The van der Waals surface area contributed by atoms with Crippen LogP contribution in [0.5, 0.6) is 0 Å². The molecule has 11 nitrogen and oxygen atoms in total. The number of carbonyl (C=O) groups is 5. The van der Waals surface area contributed by atoms with Crippen molar-refractivity contribution in [2.75, 3.05) is 6.54 Å². The smallest absolute Gasteiger partial charge is 0.326 e. The Balaban J connectivity index is 2.95. The summed E-state index contributed by atoms with van der Waals surface area (Å²) >= 11 is 0. The highest BCUT2D eigenvalue weighted by Gasteiger charge is 2.39. The van der Waals surface area contributed by atoms with Gasteiger partial charge in [0, 0.05) is 6.54 Å². The molecule has 0 bridgehead atoms. The highest BCUT2D eigenvalue weighted by molar-refractivity contribution is 5.95. The number of amides is 3. The Morgan fingerprint density at radius 3 is 2.22 bits per heavy atom. The van der Waals surface area contributed by atoms with E-state index in [1.165, 1.54) is 4.90 Å². The molecule has 0 aromatic heterocycles. The first-order chi connectivity index (χ1) is 14.9. The molecule has 0 aromatic carbocycles. The summed E-state index contributed by atoms with van der Waals surface area (Å²) < 4.78 is 0. The predicted molar refractivity (Wildman–Crippen MR) is 115 cm³/mol. The molecular formula is C21H36N4O7. The average molecular weight is 457 g/mol. The molecule has 1 saturated heterocycles. The molecule has 0 aliphatic carbocycles. The van der Waals surface area contributed by atoms with E-state index in [0.717, 1.165) is 0 Å². The fraction of sp³-hybridized carbons (Fsp3) is 0.762. The van der Waals surface area contributed by atoms with E-state index in [1.807, 2.05) is 20.8 Å². The van der Waals surface area contributed by atoms with Crippen LogP contribution in [0.3, 0.4) is 0 Å². The fourth-order valence-corrected chi connectivity index (χ4v) is 3.70. The van der Waals surface area contributed by atoms with Crippen LogP contribution in [-0.4, -0.2) is 75.5 Å². The van der Waals surface area contributed by atoms with Crippen LogP contribution in [-0.2, 0) is 24.0 Å². The van der Waals surface area contributed by atoms with E-state index in [1.54, 1.807) is 6.92 Å². The molecule has 11 heteroatoms. The fourth-order valence-electron chi connectivity index (χ4n) is 3.70. The van der Waals surface area contributed by atoms with E-state index in [0.29, 0.717) is 19.3 Å². The van der Waals surface area contributed by atoms with Gasteiger partial charge in [-0.15, -0.1) is 0 Å². The molecule has 182 valence electrons. The van der Waals surface area contributed by atoms with Crippen molar-refractivity contribution < 1.29 is 34.2 Å². The zero-order valence-corrected chi connectivity index (χ0v) is 19.2. The number of carboxylic acid groups (broad SMARTS) is 2. The molecule has 0 aromatic rings. The summed E-state index contributed by atoms with van der Waals surface area (Å²) in [5.74, 6) is -4.38. The quantitative estimate of drug-likeness (QED) is 0.270. The van der Waals surface area contributed by atoms with Gasteiger partial charge in [0.05, 0.1) is 12.5 Å². The van der Waals surface area contributed by atoms with Crippen LogP contribution in [0, 0.1) is 11.8 Å². The number of carbonyl (C=O) groups excluding carboxylic acids is 3. The van der Waals surface area contributed by atoms with Gasteiger partial charge in [0.15, 0.2) is 0 Å². The summed E-state index contributed by atoms with van der Waals surface area (Å²) in [6.45, 7) is 7.56. The maximum Gasteiger partial charge on any atom is 0.326 e. The Kier molecular flexibility index (Phi) is 10.6. The lowest BCUT2D eigenvalue weighted by molar-refractivity contribution is -0.145. The van der Waals surface area contributed by atoms with Crippen molar-refractivity contribution in [1.29, 1.82) is 0 Å². The van der Waals surface area contributed by atoms with Crippen molar-refractivity contribution in [3.8, 4) is 0 Å². The molecule has 3 amide bonds. The minimum atomic E-state index is -1.26.